The molecule has 0 aliphatic rings. The highest BCUT2D eigenvalue weighted by Gasteiger charge is 2.09. The number of aliphatic hydroxyl groups is 2. The summed E-state index contributed by atoms with van der Waals surface area (Å²) in [6.07, 6.45) is -0.692. The molecule has 3 N–H and O–H groups in total. The van der Waals surface area contributed by atoms with E-state index in [4.69, 9.17) is 10.2 Å². The maximum Gasteiger partial charge on any atom is 0.0895 e. The van der Waals surface area contributed by atoms with Crippen LogP contribution in [0.5, 0.6) is 0 Å². The van der Waals surface area contributed by atoms with Gasteiger partial charge in [-0.1, -0.05) is 0 Å². The van der Waals surface area contributed by atoms with Crippen LogP contribution in [0.1, 0.15) is 17.0 Å². The molecule has 1 heterocycles. The first kappa shape index (κ1) is 12.2. The molecule has 0 saturated carbocycles. The number of hydrogen-bond acceptors (Lipinski definition) is 4. The number of nitrogens with one attached hydrogen (secondary N) is 1. The van der Waals surface area contributed by atoms with Gasteiger partial charge in [0.1, 0.15) is 0 Å². The predicted octanol–water partition coefficient (Wildman–Crippen LogP) is -0.520. The Bertz CT molecular complexity index is 323. The van der Waals surface area contributed by atoms with Crippen molar-refractivity contribution in [2.45, 2.75) is 26.5 Å². The van der Waals surface area contributed by atoms with E-state index in [0.29, 0.717) is 13.1 Å². The lowest BCUT2D eigenvalue weighted by Crippen LogP contribution is -2.29. The van der Waals surface area contributed by atoms with Crippen LogP contribution in [0.25, 0.3) is 0 Å². The van der Waals surface area contributed by atoms with Gasteiger partial charge in [0, 0.05) is 31.4 Å². The summed E-state index contributed by atoms with van der Waals surface area (Å²) in [5.74, 6) is 0. The molecule has 5 nitrogen and oxygen atoms in total. The first-order valence-corrected chi connectivity index (χ1v) is 5.05. The Balaban J connectivity index is 2.50. The molecular formula is C10H19N3O2. The van der Waals surface area contributed by atoms with Crippen molar-refractivity contribution < 1.29 is 10.2 Å². The van der Waals surface area contributed by atoms with E-state index < -0.39 is 6.10 Å². The van der Waals surface area contributed by atoms with Crippen molar-refractivity contribution in [1.82, 2.24) is 15.1 Å². The summed E-state index contributed by atoms with van der Waals surface area (Å²) < 4.78 is 1.84. The SMILES string of the molecule is Cc1nn(C)c(C)c1CNCC(O)CO. The van der Waals surface area contributed by atoms with Gasteiger partial charge in [-0.2, -0.15) is 5.10 Å². The van der Waals surface area contributed by atoms with Crippen LogP contribution < -0.4 is 5.32 Å². The van der Waals surface area contributed by atoms with Crippen LogP contribution in [-0.4, -0.2) is 39.2 Å². The molecule has 0 radical (unpaired) electrons. The average molecular weight is 213 g/mol. The molecule has 1 aromatic heterocycles. The Morgan fingerprint density at radius 2 is 2.13 bits per heavy atom. The highest BCUT2D eigenvalue weighted by molar-refractivity contribution is 5.23. The molecule has 15 heavy (non-hydrogen) atoms. The van der Waals surface area contributed by atoms with Gasteiger partial charge >= 0.3 is 0 Å². The second-order valence-electron chi connectivity index (χ2n) is 3.74. The molecule has 1 aromatic rings. The summed E-state index contributed by atoms with van der Waals surface area (Å²) in [5, 5.41) is 25.2. The summed E-state index contributed by atoms with van der Waals surface area (Å²) in [6.45, 7) is 4.83. The van der Waals surface area contributed by atoms with Crippen LogP contribution in [0.3, 0.4) is 0 Å². The minimum atomic E-state index is -0.692. The maximum atomic E-state index is 9.15. The molecule has 0 bridgehead atoms. The molecule has 1 atom stereocenters. The number of aromatic nitrogens is 2. The fraction of sp³-hybridized carbons (Fsp3) is 0.700. The normalized spacial score (nSPS) is 13.1. The number of nitrogens with zero attached hydrogens (tertiary/aromatic N) is 2. The van der Waals surface area contributed by atoms with Crippen molar-refractivity contribution in [1.29, 1.82) is 0 Å². The Morgan fingerprint density at radius 3 is 2.60 bits per heavy atom. The quantitative estimate of drug-likeness (QED) is 0.615. The number of rotatable bonds is 5. The average Bonchev–Trinajstić information content (AvgIpc) is 2.44. The largest absolute Gasteiger partial charge is 0.394 e. The fourth-order valence-corrected chi connectivity index (χ4v) is 1.50. The van der Waals surface area contributed by atoms with Gasteiger partial charge in [0.05, 0.1) is 18.4 Å². The van der Waals surface area contributed by atoms with Gasteiger partial charge in [-0.15, -0.1) is 0 Å². The lowest BCUT2D eigenvalue weighted by atomic mass is 10.2. The van der Waals surface area contributed by atoms with Gasteiger partial charge in [-0.3, -0.25) is 4.68 Å². The Kier molecular flexibility index (Phi) is 4.26. The first-order chi connectivity index (χ1) is 7.06. The minimum absolute atomic E-state index is 0.210. The fourth-order valence-electron chi connectivity index (χ4n) is 1.50. The molecule has 0 fully saturated rings. The molecule has 0 amide bonds. The van der Waals surface area contributed by atoms with Crippen LogP contribution in [0, 0.1) is 13.8 Å². The molecule has 0 aliphatic heterocycles. The van der Waals surface area contributed by atoms with Gasteiger partial charge in [0.25, 0.3) is 0 Å². The van der Waals surface area contributed by atoms with Crippen LogP contribution in [-0.2, 0) is 13.6 Å². The standard InChI is InChI=1S/C10H19N3O2/c1-7-10(8(2)13(3)12-7)5-11-4-9(15)6-14/h9,11,14-15H,4-6H2,1-3H3. The van der Waals surface area contributed by atoms with E-state index in [2.05, 4.69) is 10.4 Å². The second-order valence-corrected chi connectivity index (χ2v) is 3.74. The molecule has 5 heteroatoms. The summed E-state index contributed by atoms with van der Waals surface area (Å²) >= 11 is 0. The molecule has 0 saturated heterocycles. The van der Waals surface area contributed by atoms with E-state index in [1.54, 1.807) is 0 Å². The van der Waals surface area contributed by atoms with Crippen LogP contribution in [0.15, 0.2) is 0 Å². The Labute approximate surface area is 89.7 Å². The van der Waals surface area contributed by atoms with E-state index in [9.17, 15) is 0 Å². The minimum Gasteiger partial charge on any atom is -0.394 e. The van der Waals surface area contributed by atoms with E-state index in [-0.39, 0.29) is 6.61 Å². The highest BCUT2D eigenvalue weighted by Crippen LogP contribution is 2.10. The zero-order valence-corrected chi connectivity index (χ0v) is 9.49. The van der Waals surface area contributed by atoms with Crippen molar-refractivity contribution in [2.24, 2.45) is 7.05 Å². The summed E-state index contributed by atoms with van der Waals surface area (Å²) in [6, 6.07) is 0. The van der Waals surface area contributed by atoms with Crippen molar-refractivity contribution in [2.75, 3.05) is 13.2 Å². The molecule has 86 valence electrons. The molecule has 0 aromatic carbocycles. The topological polar surface area (TPSA) is 70.3 Å². The third-order valence-corrected chi connectivity index (χ3v) is 2.55. The molecule has 1 rings (SSSR count). The van der Waals surface area contributed by atoms with E-state index in [1.165, 1.54) is 0 Å². The predicted molar refractivity (Wildman–Crippen MR) is 57.5 cm³/mol. The summed E-state index contributed by atoms with van der Waals surface area (Å²) in [7, 11) is 1.91. The van der Waals surface area contributed by atoms with Gasteiger partial charge in [-0.25, -0.2) is 0 Å². The van der Waals surface area contributed by atoms with Crippen molar-refractivity contribution >= 4 is 0 Å². The monoisotopic (exact) mass is 213 g/mol. The van der Waals surface area contributed by atoms with E-state index >= 15 is 0 Å². The van der Waals surface area contributed by atoms with Crippen molar-refractivity contribution in [3.63, 3.8) is 0 Å². The highest BCUT2D eigenvalue weighted by atomic mass is 16.3. The zero-order chi connectivity index (χ0) is 11.4. The maximum absolute atomic E-state index is 9.15. The lowest BCUT2D eigenvalue weighted by Gasteiger charge is -2.08. The van der Waals surface area contributed by atoms with Gasteiger partial charge < -0.3 is 15.5 Å². The third-order valence-electron chi connectivity index (χ3n) is 2.55. The Hall–Kier alpha value is -0.910. The van der Waals surface area contributed by atoms with Gasteiger partial charge in [0.2, 0.25) is 0 Å². The summed E-state index contributed by atoms with van der Waals surface area (Å²) in [5.41, 5.74) is 3.28. The third kappa shape index (κ3) is 3.02. The summed E-state index contributed by atoms with van der Waals surface area (Å²) in [4.78, 5) is 0. The first-order valence-electron chi connectivity index (χ1n) is 5.05. The van der Waals surface area contributed by atoms with Crippen molar-refractivity contribution in [3.8, 4) is 0 Å². The van der Waals surface area contributed by atoms with Crippen LogP contribution >= 0.6 is 0 Å². The Morgan fingerprint density at radius 1 is 1.47 bits per heavy atom. The van der Waals surface area contributed by atoms with Crippen LogP contribution in [0.4, 0.5) is 0 Å². The lowest BCUT2D eigenvalue weighted by molar-refractivity contribution is 0.0942. The van der Waals surface area contributed by atoms with Crippen LogP contribution in [0.2, 0.25) is 0 Å². The second kappa shape index (κ2) is 5.25. The van der Waals surface area contributed by atoms with Gasteiger partial charge in [-0.05, 0) is 13.8 Å². The number of aryl methyl sites for hydroxylation is 2. The molecule has 0 spiro atoms. The number of hydrogen-bond donors (Lipinski definition) is 3. The molecule has 0 aliphatic carbocycles. The molecular weight excluding hydrogens is 194 g/mol. The zero-order valence-electron chi connectivity index (χ0n) is 9.49. The van der Waals surface area contributed by atoms with E-state index in [0.717, 1.165) is 17.0 Å². The smallest absolute Gasteiger partial charge is 0.0895 e. The molecule has 1 unspecified atom stereocenters. The number of aliphatic hydroxyl groups excluding tert-OH is 2. The van der Waals surface area contributed by atoms with E-state index in [1.807, 2.05) is 25.6 Å². The van der Waals surface area contributed by atoms with Gasteiger partial charge in [0.15, 0.2) is 0 Å². The van der Waals surface area contributed by atoms with Crippen molar-refractivity contribution in [3.05, 3.63) is 17.0 Å².